The minimum atomic E-state index is -4.44. The monoisotopic (exact) mass is 411 g/mol. The van der Waals surface area contributed by atoms with Crippen LogP contribution in [0.25, 0.3) is 0 Å². The third-order valence-electron chi connectivity index (χ3n) is 4.11. The van der Waals surface area contributed by atoms with Gasteiger partial charge in [0.2, 0.25) is 5.91 Å². The zero-order valence-electron chi connectivity index (χ0n) is 14.6. The molecule has 1 aliphatic rings. The van der Waals surface area contributed by atoms with Crippen molar-refractivity contribution in [1.29, 1.82) is 0 Å². The molecule has 1 aliphatic heterocycles. The molecule has 3 heterocycles. The van der Waals surface area contributed by atoms with Crippen LogP contribution in [0.5, 0.6) is 0 Å². The van der Waals surface area contributed by atoms with Crippen molar-refractivity contribution >= 4 is 23.6 Å². The predicted molar refractivity (Wildman–Crippen MR) is 94.5 cm³/mol. The molecular weight excluding hydrogens is 395 g/mol. The van der Waals surface area contributed by atoms with E-state index in [4.69, 9.17) is 0 Å². The molecule has 0 unspecified atom stereocenters. The largest absolute Gasteiger partial charge is 0.417 e. The number of carbonyl (C=O) groups is 2. The van der Waals surface area contributed by atoms with Gasteiger partial charge in [-0.2, -0.15) is 13.2 Å². The first-order chi connectivity index (χ1) is 13.3. The number of alkyl halides is 3. The van der Waals surface area contributed by atoms with E-state index < -0.39 is 11.7 Å². The van der Waals surface area contributed by atoms with Crippen molar-refractivity contribution < 1.29 is 22.8 Å². The predicted octanol–water partition coefficient (Wildman–Crippen LogP) is 1.97. The lowest BCUT2D eigenvalue weighted by Crippen LogP contribution is -2.51. The van der Waals surface area contributed by atoms with Crippen molar-refractivity contribution in [2.75, 3.05) is 31.9 Å². The van der Waals surface area contributed by atoms with Gasteiger partial charge in [-0.05, 0) is 12.1 Å². The van der Waals surface area contributed by atoms with Crippen molar-refractivity contribution in [2.45, 2.75) is 11.2 Å². The summed E-state index contributed by atoms with van der Waals surface area (Å²) in [5.74, 6) is -0.321. The zero-order valence-corrected chi connectivity index (χ0v) is 15.4. The maximum atomic E-state index is 12.5. The minimum absolute atomic E-state index is 0.0659. The zero-order chi connectivity index (χ0) is 20.1. The summed E-state index contributed by atoms with van der Waals surface area (Å²) in [5.41, 5.74) is -0.571. The van der Waals surface area contributed by atoms with Gasteiger partial charge in [0.15, 0.2) is 0 Å². The van der Waals surface area contributed by atoms with Crippen molar-refractivity contribution in [3.05, 3.63) is 48.2 Å². The van der Waals surface area contributed by atoms with Crippen LogP contribution in [0.3, 0.4) is 0 Å². The summed E-state index contributed by atoms with van der Waals surface area (Å²) in [5, 5.41) is 0.345. The topological polar surface area (TPSA) is 79.3 Å². The number of carbonyl (C=O) groups excluding carboxylic acids is 2. The molecule has 0 aromatic carbocycles. The Balaban J connectivity index is 1.47. The number of hydrogen-bond donors (Lipinski definition) is 0. The van der Waals surface area contributed by atoms with Crippen LogP contribution in [0.2, 0.25) is 0 Å². The van der Waals surface area contributed by atoms with Gasteiger partial charge in [-0.25, -0.2) is 9.97 Å². The Morgan fingerprint density at radius 1 is 1.00 bits per heavy atom. The fourth-order valence-corrected chi connectivity index (χ4v) is 3.34. The number of hydrogen-bond acceptors (Lipinski definition) is 6. The molecule has 11 heteroatoms. The standard InChI is InChI=1S/C17H16F3N5O2S/c18-17(19,20)12-1-2-14(23-9-12)28-11-15(26)24-5-7-25(8-6-24)16(27)13-10-21-3-4-22-13/h1-4,9-10H,5-8,11H2. The normalized spacial score (nSPS) is 14.8. The molecule has 2 amide bonds. The van der Waals surface area contributed by atoms with Gasteiger partial charge >= 0.3 is 6.18 Å². The third-order valence-corrected chi connectivity index (χ3v) is 5.04. The van der Waals surface area contributed by atoms with Crippen LogP contribution in [0.1, 0.15) is 16.1 Å². The van der Waals surface area contributed by atoms with E-state index in [-0.39, 0.29) is 23.3 Å². The molecule has 2 aromatic rings. The number of halogens is 3. The van der Waals surface area contributed by atoms with Crippen LogP contribution < -0.4 is 0 Å². The van der Waals surface area contributed by atoms with Crippen LogP contribution in [0.15, 0.2) is 41.9 Å². The average molecular weight is 411 g/mol. The second kappa shape index (κ2) is 8.55. The van der Waals surface area contributed by atoms with E-state index in [1.165, 1.54) is 24.7 Å². The first kappa shape index (κ1) is 20.1. The highest BCUT2D eigenvalue weighted by atomic mass is 32.2. The molecular formula is C17H16F3N5O2S. The van der Waals surface area contributed by atoms with Crippen molar-refractivity contribution in [2.24, 2.45) is 0 Å². The van der Waals surface area contributed by atoms with Crippen LogP contribution in [-0.2, 0) is 11.0 Å². The molecule has 0 spiro atoms. The molecule has 0 aliphatic carbocycles. The maximum absolute atomic E-state index is 12.5. The van der Waals surface area contributed by atoms with E-state index >= 15 is 0 Å². The van der Waals surface area contributed by atoms with E-state index in [1.54, 1.807) is 9.80 Å². The van der Waals surface area contributed by atoms with Gasteiger partial charge in [0, 0.05) is 44.8 Å². The molecule has 1 saturated heterocycles. The smallest absolute Gasteiger partial charge is 0.338 e. The molecule has 7 nitrogen and oxygen atoms in total. The van der Waals surface area contributed by atoms with E-state index in [1.807, 2.05) is 0 Å². The van der Waals surface area contributed by atoms with E-state index in [9.17, 15) is 22.8 Å². The van der Waals surface area contributed by atoms with Gasteiger partial charge in [0.1, 0.15) is 5.69 Å². The van der Waals surface area contributed by atoms with Gasteiger partial charge in [0.25, 0.3) is 5.91 Å². The summed E-state index contributed by atoms with van der Waals surface area (Å²) in [6, 6.07) is 2.19. The molecule has 28 heavy (non-hydrogen) atoms. The summed E-state index contributed by atoms with van der Waals surface area (Å²) in [6.45, 7) is 1.52. The fourth-order valence-electron chi connectivity index (χ4n) is 2.59. The molecule has 0 saturated carbocycles. The minimum Gasteiger partial charge on any atom is -0.338 e. The molecule has 0 radical (unpaired) electrons. The van der Waals surface area contributed by atoms with Crippen LogP contribution in [0.4, 0.5) is 13.2 Å². The Bertz CT molecular complexity index is 825. The summed E-state index contributed by atoms with van der Waals surface area (Å²) >= 11 is 1.08. The summed E-state index contributed by atoms with van der Waals surface area (Å²) in [4.78, 5) is 39.4. The number of aromatic nitrogens is 3. The molecule has 148 valence electrons. The molecule has 3 rings (SSSR count). The number of nitrogens with zero attached hydrogens (tertiary/aromatic N) is 5. The van der Waals surface area contributed by atoms with Gasteiger partial charge in [-0.15, -0.1) is 0 Å². The lowest BCUT2D eigenvalue weighted by molar-refractivity contribution is -0.138. The lowest BCUT2D eigenvalue weighted by Gasteiger charge is -2.34. The number of amides is 2. The second-order valence-electron chi connectivity index (χ2n) is 5.94. The Labute approximate surface area is 163 Å². The summed E-state index contributed by atoms with van der Waals surface area (Å²) < 4.78 is 37.6. The van der Waals surface area contributed by atoms with Gasteiger partial charge < -0.3 is 9.80 Å². The summed E-state index contributed by atoms with van der Waals surface area (Å²) in [6.07, 6.45) is 0.641. The highest BCUT2D eigenvalue weighted by Crippen LogP contribution is 2.29. The maximum Gasteiger partial charge on any atom is 0.417 e. The Morgan fingerprint density at radius 2 is 1.71 bits per heavy atom. The van der Waals surface area contributed by atoms with Gasteiger partial charge in [0.05, 0.1) is 22.5 Å². The van der Waals surface area contributed by atoms with Crippen LogP contribution >= 0.6 is 11.8 Å². The third kappa shape index (κ3) is 4.97. The molecule has 1 fully saturated rings. The molecule has 0 N–H and O–H groups in total. The highest BCUT2D eigenvalue weighted by Gasteiger charge is 2.31. The average Bonchev–Trinajstić information content (AvgIpc) is 2.72. The van der Waals surface area contributed by atoms with Gasteiger partial charge in [-0.3, -0.25) is 14.6 Å². The number of thioether (sulfide) groups is 1. The quantitative estimate of drug-likeness (QED) is 0.716. The van der Waals surface area contributed by atoms with Crippen molar-refractivity contribution in [1.82, 2.24) is 24.8 Å². The Kier molecular flexibility index (Phi) is 6.12. The van der Waals surface area contributed by atoms with E-state index in [0.29, 0.717) is 31.2 Å². The first-order valence-corrected chi connectivity index (χ1v) is 9.32. The first-order valence-electron chi connectivity index (χ1n) is 8.34. The van der Waals surface area contributed by atoms with E-state index in [2.05, 4.69) is 15.0 Å². The number of piperazine rings is 1. The van der Waals surface area contributed by atoms with Crippen LogP contribution in [0, 0.1) is 0 Å². The number of pyridine rings is 1. The SMILES string of the molecule is O=C(CSc1ccc(C(F)(F)F)cn1)N1CCN(C(=O)c2cnccn2)CC1. The lowest BCUT2D eigenvalue weighted by atomic mass is 10.3. The Morgan fingerprint density at radius 3 is 2.29 bits per heavy atom. The number of rotatable bonds is 4. The van der Waals surface area contributed by atoms with Crippen molar-refractivity contribution in [3.63, 3.8) is 0 Å². The fraction of sp³-hybridized carbons (Fsp3) is 0.353. The summed E-state index contributed by atoms with van der Waals surface area (Å²) in [7, 11) is 0. The molecule has 2 aromatic heterocycles. The van der Waals surface area contributed by atoms with Crippen LogP contribution in [-0.4, -0.2) is 68.5 Å². The van der Waals surface area contributed by atoms with Gasteiger partial charge in [-0.1, -0.05) is 11.8 Å². The molecule has 0 atom stereocenters. The van der Waals surface area contributed by atoms with Crippen molar-refractivity contribution in [3.8, 4) is 0 Å². The second-order valence-corrected chi connectivity index (χ2v) is 6.93. The highest BCUT2D eigenvalue weighted by molar-refractivity contribution is 7.99. The van der Waals surface area contributed by atoms with E-state index in [0.717, 1.165) is 24.0 Å². The molecule has 0 bridgehead atoms. The Hall–Kier alpha value is -2.69.